The highest BCUT2D eigenvalue weighted by molar-refractivity contribution is 7.92. The summed E-state index contributed by atoms with van der Waals surface area (Å²) in [5, 5.41) is 16.8. The van der Waals surface area contributed by atoms with Crippen molar-refractivity contribution < 1.29 is 27.9 Å². The van der Waals surface area contributed by atoms with E-state index in [1.165, 1.54) is 0 Å². The van der Waals surface area contributed by atoms with Gasteiger partial charge in [-0.05, 0) is 69.8 Å². The van der Waals surface area contributed by atoms with Crippen LogP contribution >= 0.6 is 0 Å². The minimum Gasteiger partial charge on any atom is -0.445 e. The third-order valence-corrected chi connectivity index (χ3v) is 11.4. The summed E-state index contributed by atoms with van der Waals surface area (Å²) in [6.07, 6.45) is 2.41. The Morgan fingerprint density at radius 3 is 2.44 bits per heavy atom. The summed E-state index contributed by atoms with van der Waals surface area (Å²) in [6, 6.07) is 8.57. The zero-order chi connectivity index (χ0) is 29.9. The lowest BCUT2D eigenvalue weighted by atomic mass is 9.83. The van der Waals surface area contributed by atoms with Gasteiger partial charge in [-0.15, -0.1) is 0 Å². The van der Waals surface area contributed by atoms with Crippen LogP contribution in [-0.4, -0.2) is 84.3 Å². The number of aliphatic hydroxyl groups is 1. The Morgan fingerprint density at radius 1 is 1.10 bits per heavy atom. The number of hydrogen-bond acceptors (Lipinski definition) is 7. The molecule has 1 saturated carbocycles. The van der Waals surface area contributed by atoms with Crippen LogP contribution in [-0.2, 0) is 25.8 Å². The number of hydrogen-bond donors (Lipinski definition) is 3. The molecule has 0 unspecified atom stereocenters. The van der Waals surface area contributed by atoms with Gasteiger partial charge in [-0.2, -0.15) is 0 Å². The molecule has 10 heteroatoms. The third kappa shape index (κ3) is 8.23. The highest BCUT2D eigenvalue weighted by atomic mass is 32.2. The number of amides is 2. The fourth-order valence-corrected chi connectivity index (χ4v) is 9.40. The zero-order valence-electron chi connectivity index (χ0n) is 25.2. The SMILES string of the molecule is CC(C)[C@@H]1[C@H](OC(=O)N[C@@H](Cc2ccccc2)[C@H](O)CN2C[C@H]3CCC[C@H]3C[C@H]2C(=O)NC(C)(C)C)CCS1(=O)=O. The Kier molecular flexibility index (Phi) is 10.1. The maximum Gasteiger partial charge on any atom is 0.407 e. The standard InChI is InChI=1S/C31H49N3O6S/c1-20(2)28-27(14-15-41(28,38)39)40-30(37)32-24(16-21-10-7-6-8-11-21)26(35)19-34-18-23-13-9-12-22(23)17-25(34)29(36)33-31(3,4)5/h6-8,10-11,20,22-28,35H,9,12-19H2,1-5H3,(H,32,37)(H,33,36)/t22-,23+,24-,25-,26+,27+,28+/m0/s1. The van der Waals surface area contributed by atoms with Gasteiger partial charge in [-0.1, -0.05) is 57.0 Å². The minimum absolute atomic E-state index is 0.000991. The molecule has 2 heterocycles. The van der Waals surface area contributed by atoms with Crippen molar-refractivity contribution in [1.29, 1.82) is 0 Å². The highest BCUT2D eigenvalue weighted by Gasteiger charge is 2.45. The second-order valence-electron chi connectivity index (χ2n) is 13.7. The molecular weight excluding hydrogens is 542 g/mol. The predicted molar refractivity (Wildman–Crippen MR) is 159 cm³/mol. The van der Waals surface area contributed by atoms with Crippen molar-refractivity contribution in [1.82, 2.24) is 15.5 Å². The molecule has 2 saturated heterocycles. The smallest absolute Gasteiger partial charge is 0.407 e. The predicted octanol–water partition coefficient (Wildman–Crippen LogP) is 3.30. The zero-order valence-corrected chi connectivity index (χ0v) is 26.0. The van der Waals surface area contributed by atoms with Crippen LogP contribution in [0.25, 0.3) is 0 Å². The molecule has 3 fully saturated rings. The lowest BCUT2D eigenvalue weighted by Crippen LogP contribution is -2.59. The lowest BCUT2D eigenvalue weighted by Gasteiger charge is -2.43. The van der Waals surface area contributed by atoms with Crippen LogP contribution in [0.1, 0.15) is 72.3 Å². The Morgan fingerprint density at radius 2 is 1.78 bits per heavy atom. The molecule has 1 aromatic carbocycles. The van der Waals surface area contributed by atoms with Crippen LogP contribution in [0.5, 0.6) is 0 Å². The second-order valence-corrected chi connectivity index (χ2v) is 16.0. The van der Waals surface area contributed by atoms with E-state index in [1.54, 1.807) is 0 Å². The molecule has 1 aliphatic carbocycles. The maximum absolute atomic E-state index is 13.4. The van der Waals surface area contributed by atoms with Crippen molar-refractivity contribution in [2.24, 2.45) is 17.8 Å². The van der Waals surface area contributed by atoms with Gasteiger partial charge >= 0.3 is 6.09 Å². The normalized spacial score (nSPS) is 29.5. The molecule has 230 valence electrons. The van der Waals surface area contributed by atoms with Gasteiger partial charge in [0.2, 0.25) is 5.91 Å². The van der Waals surface area contributed by atoms with E-state index in [-0.39, 0.29) is 42.1 Å². The Bertz CT molecular complexity index is 1150. The number of β-amino-alcohol motifs (C(OH)–C–C–N with tert-alkyl or cyclic N) is 1. The molecule has 1 aromatic rings. The number of rotatable bonds is 9. The quantitative estimate of drug-likeness (QED) is 0.403. The van der Waals surface area contributed by atoms with Crippen molar-refractivity contribution in [3.8, 4) is 0 Å². The number of likely N-dealkylation sites (tertiary alicyclic amines) is 1. The molecule has 0 radical (unpaired) electrons. The molecule has 4 rings (SSSR count). The molecule has 0 aromatic heterocycles. The second kappa shape index (κ2) is 13.0. The van der Waals surface area contributed by atoms with Crippen LogP contribution < -0.4 is 10.6 Å². The van der Waals surface area contributed by atoms with Crippen molar-refractivity contribution in [3.05, 3.63) is 35.9 Å². The number of fused-ring (bicyclic) bond motifs is 1. The summed E-state index contributed by atoms with van der Waals surface area (Å²) in [5.74, 6) is 0.816. The molecule has 2 aliphatic heterocycles. The molecular formula is C31H49N3O6S. The molecule has 3 aliphatic rings. The van der Waals surface area contributed by atoms with Gasteiger partial charge in [0, 0.05) is 18.6 Å². The lowest BCUT2D eigenvalue weighted by molar-refractivity contribution is -0.131. The highest BCUT2D eigenvalue weighted by Crippen LogP contribution is 2.40. The number of sulfone groups is 1. The number of benzene rings is 1. The average molecular weight is 592 g/mol. The first kappa shape index (κ1) is 31.8. The Labute approximate surface area is 245 Å². The Balaban J connectivity index is 1.50. The number of ether oxygens (including phenoxy) is 1. The molecule has 0 spiro atoms. The monoisotopic (exact) mass is 591 g/mol. The van der Waals surface area contributed by atoms with Crippen LogP contribution in [0.15, 0.2) is 30.3 Å². The topological polar surface area (TPSA) is 125 Å². The first-order valence-electron chi connectivity index (χ1n) is 15.2. The van der Waals surface area contributed by atoms with Gasteiger partial charge in [0.1, 0.15) is 11.4 Å². The van der Waals surface area contributed by atoms with E-state index in [0.29, 0.717) is 18.3 Å². The maximum atomic E-state index is 13.4. The van der Waals surface area contributed by atoms with E-state index < -0.39 is 39.4 Å². The molecule has 0 bridgehead atoms. The number of nitrogens with zero attached hydrogens (tertiary/aromatic N) is 1. The molecule has 2 amide bonds. The van der Waals surface area contributed by atoms with Gasteiger partial charge in [0.15, 0.2) is 9.84 Å². The largest absolute Gasteiger partial charge is 0.445 e. The van der Waals surface area contributed by atoms with Crippen LogP contribution in [0.2, 0.25) is 0 Å². The number of piperidine rings is 1. The number of carbonyl (C=O) groups excluding carboxylic acids is 2. The minimum atomic E-state index is -3.33. The summed E-state index contributed by atoms with van der Waals surface area (Å²) in [4.78, 5) is 28.6. The van der Waals surface area contributed by atoms with Gasteiger partial charge < -0.3 is 20.5 Å². The van der Waals surface area contributed by atoms with E-state index in [0.717, 1.165) is 37.8 Å². The summed E-state index contributed by atoms with van der Waals surface area (Å²) in [5.41, 5.74) is 0.577. The average Bonchev–Trinajstić information content (AvgIpc) is 3.45. The van der Waals surface area contributed by atoms with Gasteiger partial charge in [0.25, 0.3) is 0 Å². The molecule has 3 N–H and O–H groups in total. The van der Waals surface area contributed by atoms with Crippen LogP contribution in [0, 0.1) is 17.8 Å². The Hall–Kier alpha value is -2.17. The van der Waals surface area contributed by atoms with Crippen molar-refractivity contribution >= 4 is 21.8 Å². The fourth-order valence-electron chi connectivity index (χ4n) is 7.08. The van der Waals surface area contributed by atoms with Crippen molar-refractivity contribution in [3.63, 3.8) is 0 Å². The van der Waals surface area contributed by atoms with E-state index >= 15 is 0 Å². The van der Waals surface area contributed by atoms with E-state index in [1.807, 2.05) is 65.0 Å². The number of alkyl carbamates (subject to hydrolysis) is 1. The fraction of sp³-hybridized carbons (Fsp3) is 0.742. The molecule has 7 atom stereocenters. The van der Waals surface area contributed by atoms with Crippen LogP contribution in [0.3, 0.4) is 0 Å². The van der Waals surface area contributed by atoms with Gasteiger partial charge in [0.05, 0.1) is 23.9 Å². The number of carbonyl (C=O) groups is 2. The summed E-state index contributed by atoms with van der Waals surface area (Å²) < 4.78 is 30.8. The van der Waals surface area contributed by atoms with Crippen LogP contribution in [0.4, 0.5) is 4.79 Å². The van der Waals surface area contributed by atoms with E-state index in [2.05, 4.69) is 15.5 Å². The molecule has 41 heavy (non-hydrogen) atoms. The molecule has 9 nitrogen and oxygen atoms in total. The van der Waals surface area contributed by atoms with Gasteiger partial charge in [-0.25, -0.2) is 13.2 Å². The number of aliphatic hydroxyl groups excluding tert-OH is 1. The summed E-state index contributed by atoms with van der Waals surface area (Å²) >= 11 is 0. The first-order chi connectivity index (χ1) is 19.2. The van der Waals surface area contributed by atoms with Crippen molar-refractivity contribution in [2.75, 3.05) is 18.8 Å². The summed E-state index contributed by atoms with van der Waals surface area (Å²) in [6.45, 7) is 10.5. The van der Waals surface area contributed by atoms with Gasteiger partial charge in [-0.3, -0.25) is 9.69 Å². The van der Waals surface area contributed by atoms with Crippen molar-refractivity contribution in [2.45, 2.75) is 108 Å². The third-order valence-electron chi connectivity index (χ3n) is 8.92. The van der Waals surface area contributed by atoms with E-state index in [9.17, 15) is 23.1 Å². The van der Waals surface area contributed by atoms with E-state index in [4.69, 9.17) is 4.74 Å². The summed E-state index contributed by atoms with van der Waals surface area (Å²) in [7, 11) is -3.33. The first-order valence-corrected chi connectivity index (χ1v) is 16.9. The number of nitrogens with one attached hydrogen (secondary N) is 2.